The molecule has 1 N–H and O–H groups in total. The fourth-order valence-electron chi connectivity index (χ4n) is 3.24. The van der Waals surface area contributed by atoms with E-state index in [-0.39, 0.29) is 11.9 Å². The lowest BCUT2D eigenvalue weighted by molar-refractivity contribution is -0.120. The van der Waals surface area contributed by atoms with Crippen LogP contribution in [0.25, 0.3) is 4.96 Å². The third kappa shape index (κ3) is 3.22. The SMILES string of the molecule is O=C(Cc1cn2ccsc2n1)NCC(c1ccco1)N1CCCC1. The number of aromatic nitrogens is 2. The molecule has 4 rings (SSSR count). The van der Waals surface area contributed by atoms with E-state index in [9.17, 15) is 4.79 Å². The number of fused-ring (bicyclic) bond motifs is 1. The summed E-state index contributed by atoms with van der Waals surface area (Å²) in [5.41, 5.74) is 0.801. The monoisotopic (exact) mass is 344 g/mol. The fourth-order valence-corrected chi connectivity index (χ4v) is 3.96. The largest absolute Gasteiger partial charge is 0.468 e. The second-order valence-corrected chi connectivity index (χ2v) is 6.95. The number of carbonyl (C=O) groups excluding carboxylic acids is 1. The first-order valence-electron chi connectivity index (χ1n) is 8.25. The summed E-state index contributed by atoms with van der Waals surface area (Å²) in [5, 5.41) is 5.03. The molecule has 0 aromatic carbocycles. The van der Waals surface area contributed by atoms with E-state index in [0.29, 0.717) is 13.0 Å². The van der Waals surface area contributed by atoms with Gasteiger partial charge in [0.05, 0.1) is 24.4 Å². The molecule has 0 aliphatic carbocycles. The predicted molar refractivity (Wildman–Crippen MR) is 92.0 cm³/mol. The number of amides is 1. The molecule has 0 spiro atoms. The molecule has 1 aliphatic heterocycles. The van der Waals surface area contributed by atoms with E-state index in [1.54, 1.807) is 17.6 Å². The highest BCUT2D eigenvalue weighted by molar-refractivity contribution is 7.15. The van der Waals surface area contributed by atoms with Crippen molar-refractivity contribution in [2.24, 2.45) is 0 Å². The van der Waals surface area contributed by atoms with Gasteiger partial charge >= 0.3 is 0 Å². The molecule has 0 saturated carbocycles. The van der Waals surface area contributed by atoms with Gasteiger partial charge in [-0.25, -0.2) is 4.98 Å². The molecule has 0 radical (unpaired) electrons. The van der Waals surface area contributed by atoms with Gasteiger partial charge in [-0.05, 0) is 38.1 Å². The lowest BCUT2D eigenvalue weighted by Crippen LogP contribution is -2.37. The number of carbonyl (C=O) groups is 1. The van der Waals surface area contributed by atoms with Crippen LogP contribution in [0.2, 0.25) is 0 Å². The molecule has 126 valence electrons. The van der Waals surface area contributed by atoms with Crippen molar-refractivity contribution in [2.75, 3.05) is 19.6 Å². The molecular weight excluding hydrogens is 324 g/mol. The Bertz CT molecular complexity index is 773. The number of nitrogens with one attached hydrogen (secondary N) is 1. The highest BCUT2D eigenvalue weighted by Crippen LogP contribution is 2.24. The van der Waals surface area contributed by atoms with Crippen LogP contribution in [0, 0.1) is 0 Å². The first-order chi connectivity index (χ1) is 11.8. The number of nitrogens with zero attached hydrogens (tertiary/aromatic N) is 3. The van der Waals surface area contributed by atoms with Gasteiger partial charge in [-0.15, -0.1) is 11.3 Å². The van der Waals surface area contributed by atoms with Crippen LogP contribution in [0.15, 0.2) is 40.6 Å². The van der Waals surface area contributed by atoms with Crippen molar-refractivity contribution in [1.82, 2.24) is 19.6 Å². The van der Waals surface area contributed by atoms with E-state index in [0.717, 1.165) is 29.5 Å². The topological polar surface area (TPSA) is 62.8 Å². The van der Waals surface area contributed by atoms with Crippen LogP contribution in [-0.2, 0) is 11.2 Å². The number of hydrogen-bond acceptors (Lipinski definition) is 5. The molecule has 1 saturated heterocycles. The number of imidazole rings is 1. The molecule has 3 aromatic rings. The molecule has 7 heteroatoms. The molecule has 1 fully saturated rings. The molecular formula is C17H20N4O2S. The summed E-state index contributed by atoms with van der Waals surface area (Å²) >= 11 is 1.57. The smallest absolute Gasteiger partial charge is 0.226 e. The summed E-state index contributed by atoms with van der Waals surface area (Å²) < 4.78 is 7.53. The summed E-state index contributed by atoms with van der Waals surface area (Å²) in [7, 11) is 0. The Labute approximate surface area is 144 Å². The Balaban J connectivity index is 1.38. The van der Waals surface area contributed by atoms with Gasteiger partial charge in [0.15, 0.2) is 4.96 Å². The summed E-state index contributed by atoms with van der Waals surface area (Å²) in [6.45, 7) is 2.67. The van der Waals surface area contributed by atoms with Crippen LogP contribution < -0.4 is 5.32 Å². The molecule has 1 atom stereocenters. The lowest BCUT2D eigenvalue weighted by atomic mass is 10.2. The van der Waals surface area contributed by atoms with Gasteiger partial charge in [-0.2, -0.15) is 0 Å². The van der Waals surface area contributed by atoms with Crippen molar-refractivity contribution in [2.45, 2.75) is 25.3 Å². The number of hydrogen-bond donors (Lipinski definition) is 1. The third-order valence-corrected chi connectivity index (χ3v) is 5.20. The van der Waals surface area contributed by atoms with Crippen molar-refractivity contribution in [1.29, 1.82) is 0 Å². The first-order valence-corrected chi connectivity index (χ1v) is 9.13. The number of thiazole rings is 1. The van der Waals surface area contributed by atoms with Gasteiger partial charge in [0.1, 0.15) is 5.76 Å². The van der Waals surface area contributed by atoms with Crippen molar-refractivity contribution >= 4 is 22.2 Å². The van der Waals surface area contributed by atoms with Crippen LogP contribution in [0.1, 0.15) is 30.3 Å². The minimum absolute atomic E-state index is 0.00324. The molecule has 24 heavy (non-hydrogen) atoms. The summed E-state index contributed by atoms with van der Waals surface area (Å²) in [5.74, 6) is 0.913. The maximum absolute atomic E-state index is 12.3. The quantitative estimate of drug-likeness (QED) is 0.746. The molecule has 3 aromatic heterocycles. The van der Waals surface area contributed by atoms with Gasteiger partial charge in [-0.3, -0.25) is 14.1 Å². The Hall–Kier alpha value is -2.12. The van der Waals surface area contributed by atoms with Crippen molar-refractivity contribution in [3.63, 3.8) is 0 Å². The van der Waals surface area contributed by atoms with E-state index in [1.807, 2.05) is 34.3 Å². The molecule has 6 nitrogen and oxygen atoms in total. The van der Waals surface area contributed by atoms with Crippen molar-refractivity contribution < 1.29 is 9.21 Å². The minimum atomic E-state index is -0.00324. The maximum Gasteiger partial charge on any atom is 0.226 e. The second kappa shape index (κ2) is 6.78. The van der Waals surface area contributed by atoms with E-state index in [2.05, 4.69) is 15.2 Å². The van der Waals surface area contributed by atoms with E-state index in [4.69, 9.17) is 4.42 Å². The van der Waals surface area contributed by atoms with Gasteiger partial charge in [0.2, 0.25) is 5.91 Å². The molecule has 0 bridgehead atoms. The minimum Gasteiger partial charge on any atom is -0.468 e. The van der Waals surface area contributed by atoms with Gasteiger partial charge < -0.3 is 9.73 Å². The van der Waals surface area contributed by atoms with E-state index < -0.39 is 0 Å². The van der Waals surface area contributed by atoms with Crippen molar-refractivity contribution in [3.8, 4) is 0 Å². The lowest BCUT2D eigenvalue weighted by Gasteiger charge is -2.25. The first kappa shape index (κ1) is 15.4. The zero-order valence-corrected chi connectivity index (χ0v) is 14.2. The average Bonchev–Trinajstić information content (AvgIpc) is 3.33. The van der Waals surface area contributed by atoms with Crippen LogP contribution in [0.4, 0.5) is 0 Å². The molecule has 4 heterocycles. The third-order valence-electron chi connectivity index (χ3n) is 4.43. The predicted octanol–water partition coefficient (Wildman–Crippen LogP) is 2.48. The molecule has 1 aliphatic rings. The van der Waals surface area contributed by atoms with Gasteiger partial charge in [0, 0.05) is 24.3 Å². The Morgan fingerprint density at radius 3 is 3.04 bits per heavy atom. The maximum atomic E-state index is 12.3. The summed E-state index contributed by atoms with van der Waals surface area (Å²) in [6, 6.07) is 3.99. The summed E-state index contributed by atoms with van der Waals surface area (Å²) in [6.07, 6.45) is 8.27. The Kier molecular flexibility index (Phi) is 4.36. The second-order valence-electron chi connectivity index (χ2n) is 6.08. The average molecular weight is 344 g/mol. The highest BCUT2D eigenvalue weighted by atomic mass is 32.1. The molecule has 1 unspecified atom stereocenters. The molecule has 1 amide bonds. The van der Waals surface area contributed by atoms with Crippen LogP contribution in [0.3, 0.4) is 0 Å². The normalized spacial score (nSPS) is 16.7. The Morgan fingerprint density at radius 1 is 1.42 bits per heavy atom. The van der Waals surface area contributed by atoms with E-state index >= 15 is 0 Å². The zero-order valence-electron chi connectivity index (χ0n) is 13.4. The standard InChI is InChI=1S/C17H20N4O2S/c22-16(10-13-12-21-7-9-24-17(21)19-13)18-11-14(15-4-3-8-23-15)20-5-1-2-6-20/h3-4,7-9,12,14H,1-2,5-6,10-11H2,(H,18,22). The van der Waals surface area contributed by atoms with Crippen molar-refractivity contribution in [3.05, 3.63) is 47.6 Å². The summed E-state index contributed by atoms with van der Waals surface area (Å²) in [4.78, 5) is 20.1. The Morgan fingerprint density at radius 2 is 2.29 bits per heavy atom. The number of furan rings is 1. The fraction of sp³-hybridized carbons (Fsp3) is 0.412. The number of likely N-dealkylation sites (tertiary alicyclic amines) is 1. The van der Waals surface area contributed by atoms with Crippen LogP contribution in [-0.4, -0.2) is 39.8 Å². The van der Waals surface area contributed by atoms with Crippen LogP contribution >= 0.6 is 11.3 Å². The zero-order chi connectivity index (χ0) is 16.4. The highest BCUT2D eigenvalue weighted by Gasteiger charge is 2.26. The van der Waals surface area contributed by atoms with Crippen LogP contribution in [0.5, 0.6) is 0 Å². The number of rotatable bonds is 6. The van der Waals surface area contributed by atoms with E-state index in [1.165, 1.54) is 12.8 Å². The van der Waals surface area contributed by atoms with Gasteiger partial charge in [-0.1, -0.05) is 0 Å². The van der Waals surface area contributed by atoms with Gasteiger partial charge in [0.25, 0.3) is 0 Å².